The van der Waals surface area contributed by atoms with E-state index in [4.69, 9.17) is 9.47 Å². The summed E-state index contributed by atoms with van der Waals surface area (Å²) in [4.78, 5) is 44.1. The molecule has 2 aromatic rings. The number of benzene rings is 2. The molecule has 0 aliphatic carbocycles. The van der Waals surface area contributed by atoms with E-state index in [0.717, 1.165) is 43.9 Å². The normalized spacial score (nSPS) is 11.6. The van der Waals surface area contributed by atoms with Gasteiger partial charge in [0.25, 0.3) is 11.4 Å². The highest BCUT2D eigenvalue weighted by Crippen LogP contribution is 2.37. The van der Waals surface area contributed by atoms with Gasteiger partial charge in [0.15, 0.2) is 0 Å². The molecule has 2 aromatic carbocycles. The maximum Gasteiger partial charge on any atom is 0.416 e. The van der Waals surface area contributed by atoms with E-state index >= 15 is 0 Å². The third kappa shape index (κ3) is 12.1. The maximum atomic E-state index is 12.9. The van der Waals surface area contributed by atoms with Crippen molar-refractivity contribution in [3.63, 3.8) is 0 Å². The molecule has 1 N–H and O–H groups in total. The fourth-order valence-corrected chi connectivity index (χ4v) is 3.78. The zero-order chi connectivity index (χ0) is 32.2. The molecule has 0 heterocycles. The van der Waals surface area contributed by atoms with Gasteiger partial charge in [-0.15, -0.1) is 0 Å². The second-order valence-electron chi connectivity index (χ2n) is 9.27. The molecule has 43 heavy (non-hydrogen) atoms. The van der Waals surface area contributed by atoms with Crippen LogP contribution in [0.15, 0.2) is 36.4 Å². The Morgan fingerprint density at radius 1 is 0.651 bits per heavy atom. The monoisotopic (exact) mass is 623 g/mol. The highest BCUT2D eigenvalue weighted by Gasteiger charge is 2.37. The van der Waals surface area contributed by atoms with Gasteiger partial charge in [-0.1, -0.05) is 38.5 Å². The lowest BCUT2D eigenvalue weighted by Gasteiger charge is -2.14. The van der Waals surface area contributed by atoms with Crippen molar-refractivity contribution < 1.29 is 55.3 Å². The van der Waals surface area contributed by atoms with Crippen molar-refractivity contribution in [1.29, 1.82) is 0 Å². The Balaban J connectivity index is 1.59. The molecule has 0 aliphatic rings. The van der Waals surface area contributed by atoms with E-state index in [9.17, 15) is 56.2 Å². The van der Waals surface area contributed by atoms with Crippen molar-refractivity contribution in [1.82, 2.24) is 0 Å². The summed E-state index contributed by atoms with van der Waals surface area (Å²) < 4.78 is 87.4. The summed E-state index contributed by atoms with van der Waals surface area (Å²) >= 11 is 0. The van der Waals surface area contributed by atoms with Gasteiger partial charge in [-0.2, -0.15) is 26.3 Å². The number of halogens is 6. The van der Waals surface area contributed by atoms with Crippen LogP contribution in [0.4, 0.5) is 48.2 Å². The molecule has 0 radical (unpaired) electrons. The lowest BCUT2D eigenvalue weighted by atomic mass is 10.1. The van der Waals surface area contributed by atoms with Crippen molar-refractivity contribution in [3.05, 3.63) is 73.3 Å². The highest BCUT2D eigenvalue weighted by atomic mass is 19.4. The Kier molecular flexibility index (Phi) is 12.7. The average Bonchev–Trinajstić information content (AvgIpc) is 2.92. The molecule has 11 nitrogen and oxygen atoms in total. The number of non-ortho nitro benzene ring substituents is 2. The van der Waals surface area contributed by atoms with Crippen LogP contribution in [0.25, 0.3) is 0 Å². The molecule has 0 unspecified atom stereocenters. The first-order chi connectivity index (χ1) is 20.1. The molecular formula is C26H27F6N3O8. The number of hydrogen-bond acceptors (Lipinski definition) is 8. The van der Waals surface area contributed by atoms with Gasteiger partial charge in [-0.05, 0) is 31.0 Å². The number of nitro benzene ring substituents is 2. The minimum atomic E-state index is -5.04. The van der Waals surface area contributed by atoms with E-state index in [-0.39, 0.29) is 24.8 Å². The van der Waals surface area contributed by atoms with Crippen molar-refractivity contribution in [2.75, 3.05) is 18.5 Å². The number of amides is 1. The minimum absolute atomic E-state index is 0.0206. The smallest absolute Gasteiger partial charge is 0.416 e. The summed E-state index contributed by atoms with van der Waals surface area (Å²) in [5.74, 6) is -0.913. The minimum Gasteiger partial charge on any atom is -0.462 e. The lowest BCUT2D eigenvalue weighted by Crippen LogP contribution is -2.17. The number of nitro groups is 2. The van der Waals surface area contributed by atoms with Gasteiger partial charge >= 0.3 is 24.4 Å². The summed E-state index contributed by atoms with van der Waals surface area (Å²) in [5, 5.41) is 23.7. The number of alkyl halides is 6. The Hall–Kier alpha value is -4.44. The van der Waals surface area contributed by atoms with Crippen LogP contribution in [-0.2, 0) is 21.8 Å². The standard InChI is InChI=1S/C26H27F6N3O8/c27-25(28,29)18-13-19(26(30,31)32)15-20(14-18)33-24(37)43-10-8-6-4-2-1-3-5-7-9-42-23(36)17-11-21(34(38)39)16-22(12-17)35(40)41/h11-16H,1-10H2,(H,33,37). The number of ether oxygens (including phenoxy) is 2. The van der Waals surface area contributed by atoms with Crippen LogP contribution < -0.4 is 5.32 Å². The number of esters is 1. The van der Waals surface area contributed by atoms with Gasteiger partial charge in [0.1, 0.15) is 0 Å². The number of rotatable bonds is 15. The second kappa shape index (κ2) is 15.7. The predicted octanol–water partition coefficient (Wildman–Crippen LogP) is 8.07. The largest absolute Gasteiger partial charge is 0.462 e. The van der Waals surface area contributed by atoms with Gasteiger partial charge in [-0.3, -0.25) is 25.5 Å². The highest BCUT2D eigenvalue weighted by molar-refractivity contribution is 5.91. The number of carbonyl (C=O) groups excluding carboxylic acids is 2. The fourth-order valence-electron chi connectivity index (χ4n) is 3.78. The third-order valence-electron chi connectivity index (χ3n) is 5.90. The van der Waals surface area contributed by atoms with Gasteiger partial charge in [0, 0.05) is 17.8 Å². The number of carbonyl (C=O) groups is 2. The number of unbranched alkanes of at least 4 members (excludes halogenated alkanes) is 7. The van der Waals surface area contributed by atoms with Crippen LogP contribution in [0, 0.1) is 20.2 Å². The quantitative estimate of drug-likeness (QED) is 0.0688. The maximum absolute atomic E-state index is 12.9. The fraction of sp³-hybridized carbons (Fsp3) is 0.462. The van der Waals surface area contributed by atoms with Crippen molar-refractivity contribution >= 4 is 29.1 Å². The van der Waals surface area contributed by atoms with E-state index in [1.165, 1.54) is 0 Å². The Morgan fingerprint density at radius 3 is 1.49 bits per heavy atom. The van der Waals surface area contributed by atoms with Crippen LogP contribution in [0.1, 0.15) is 72.9 Å². The molecule has 0 aromatic heterocycles. The van der Waals surface area contributed by atoms with Gasteiger partial charge in [0.05, 0.1) is 45.8 Å². The summed E-state index contributed by atoms with van der Waals surface area (Å²) in [6.07, 6.45) is -5.75. The molecule has 0 bridgehead atoms. The van der Waals surface area contributed by atoms with E-state index in [0.29, 0.717) is 37.8 Å². The molecule has 0 atom stereocenters. The first kappa shape index (κ1) is 34.8. The molecule has 236 valence electrons. The van der Waals surface area contributed by atoms with Gasteiger partial charge < -0.3 is 9.47 Å². The number of anilines is 1. The van der Waals surface area contributed by atoms with Crippen molar-refractivity contribution in [2.45, 2.75) is 63.7 Å². The molecule has 0 saturated heterocycles. The van der Waals surface area contributed by atoms with Gasteiger partial charge in [-0.25, -0.2) is 9.59 Å². The molecule has 2 rings (SSSR count). The molecule has 17 heteroatoms. The second-order valence-corrected chi connectivity index (χ2v) is 9.27. The van der Waals surface area contributed by atoms with Crippen LogP contribution >= 0.6 is 0 Å². The van der Waals surface area contributed by atoms with E-state index in [2.05, 4.69) is 0 Å². The molecule has 0 fully saturated rings. The Bertz CT molecular complexity index is 1240. The zero-order valence-corrected chi connectivity index (χ0v) is 22.5. The predicted molar refractivity (Wildman–Crippen MR) is 138 cm³/mol. The van der Waals surface area contributed by atoms with Crippen LogP contribution in [-0.4, -0.2) is 35.1 Å². The molecule has 1 amide bonds. The van der Waals surface area contributed by atoms with E-state index < -0.39 is 62.5 Å². The topological polar surface area (TPSA) is 151 Å². The number of nitrogens with one attached hydrogen (secondary N) is 1. The molecular weight excluding hydrogens is 596 g/mol. The van der Waals surface area contributed by atoms with Crippen molar-refractivity contribution in [2.24, 2.45) is 0 Å². The van der Waals surface area contributed by atoms with Crippen LogP contribution in [0.3, 0.4) is 0 Å². The van der Waals surface area contributed by atoms with E-state index in [1.54, 1.807) is 0 Å². The molecule has 0 aliphatic heterocycles. The average molecular weight is 624 g/mol. The number of hydrogen-bond donors (Lipinski definition) is 1. The van der Waals surface area contributed by atoms with Gasteiger partial charge in [0.2, 0.25) is 0 Å². The Morgan fingerprint density at radius 2 is 1.07 bits per heavy atom. The summed E-state index contributed by atoms with van der Waals surface area (Å²) in [6.45, 7) is -0.0667. The van der Waals surface area contributed by atoms with E-state index in [1.807, 2.05) is 5.32 Å². The number of nitrogens with zero attached hydrogens (tertiary/aromatic N) is 2. The van der Waals surface area contributed by atoms with Crippen LogP contribution in [0.2, 0.25) is 0 Å². The summed E-state index contributed by atoms with van der Waals surface area (Å²) in [7, 11) is 0. The zero-order valence-electron chi connectivity index (χ0n) is 22.5. The molecule has 0 spiro atoms. The first-order valence-corrected chi connectivity index (χ1v) is 12.9. The SMILES string of the molecule is O=C(Nc1cc(C(F)(F)F)cc(C(F)(F)F)c1)OCCCCCCCCCCOC(=O)c1cc([N+](=O)[O-])cc([N+](=O)[O-])c1. The van der Waals surface area contributed by atoms with Crippen LogP contribution in [0.5, 0.6) is 0 Å². The summed E-state index contributed by atoms with van der Waals surface area (Å²) in [5.41, 5.74) is -5.33. The first-order valence-electron chi connectivity index (χ1n) is 12.9. The third-order valence-corrected chi connectivity index (χ3v) is 5.90. The molecule has 0 saturated carbocycles. The Labute approximate surface area is 240 Å². The lowest BCUT2D eigenvalue weighted by molar-refractivity contribution is -0.394. The van der Waals surface area contributed by atoms with Crippen molar-refractivity contribution in [3.8, 4) is 0 Å². The summed E-state index contributed by atoms with van der Waals surface area (Å²) in [6, 6.07) is 3.25.